The summed E-state index contributed by atoms with van der Waals surface area (Å²) in [7, 11) is 0. The first kappa shape index (κ1) is 23.2. The van der Waals surface area contributed by atoms with Crippen LogP contribution in [0.2, 0.25) is 0 Å². The maximum absolute atomic E-state index is 10.6. The molecule has 0 aromatic rings. The zero-order valence-corrected chi connectivity index (χ0v) is 16.4. The van der Waals surface area contributed by atoms with Gasteiger partial charge in [0.05, 0.1) is 18.8 Å². The molecule has 0 bridgehead atoms. The van der Waals surface area contributed by atoms with E-state index in [2.05, 4.69) is 29.5 Å². The van der Waals surface area contributed by atoms with Crippen molar-refractivity contribution < 1.29 is 9.84 Å². The number of nitrogens with zero attached hydrogens (tertiary/aromatic N) is 1. The van der Waals surface area contributed by atoms with Crippen LogP contribution in [0.1, 0.15) is 53.4 Å². The molecule has 0 aromatic carbocycles. The Morgan fingerprint density at radius 3 is 2.19 bits per heavy atom. The van der Waals surface area contributed by atoms with E-state index in [1.807, 2.05) is 13.8 Å². The third kappa shape index (κ3) is 12.2. The van der Waals surface area contributed by atoms with Gasteiger partial charge in [0, 0.05) is 19.7 Å². The molecule has 0 aliphatic carbocycles. The Bertz CT molecular complexity index is 257. The lowest BCUT2D eigenvalue weighted by molar-refractivity contribution is 0.0306. The lowest BCUT2D eigenvalue weighted by atomic mass is 9.93. The molecule has 128 valence electrons. The molecule has 0 aliphatic heterocycles. The molecule has 21 heavy (non-hydrogen) atoms. The summed E-state index contributed by atoms with van der Waals surface area (Å²) >= 11 is 0. The number of ether oxygens (including phenoxy) is 1. The summed E-state index contributed by atoms with van der Waals surface area (Å²) in [5, 5.41) is 17.0. The largest absolute Gasteiger partial charge is 0.388 e. The Hall–Kier alpha value is -0.0800. The Morgan fingerprint density at radius 1 is 1.10 bits per heavy atom. The first-order valence-electron chi connectivity index (χ1n) is 7.94. The third-order valence-electron chi connectivity index (χ3n) is 3.05. The van der Waals surface area contributed by atoms with E-state index in [0.29, 0.717) is 13.2 Å². The zero-order chi connectivity index (χ0) is 15.3. The zero-order valence-electron chi connectivity index (χ0n) is 14.1. The maximum Gasteiger partial charge on any atom is 0.191 e. The molecular formula is C15H34IN3O2. The van der Waals surface area contributed by atoms with Gasteiger partial charge in [-0.3, -0.25) is 4.99 Å². The molecule has 0 atom stereocenters. The molecule has 0 saturated heterocycles. The van der Waals surface area contributed by atoms with Gasteiger partial charge in [0.25, 0.3) is 0 Å². The molecule has 0 spiro atoms. The molecule has 0 aromatic heterocycles. The quantitative estimate of drug-likeness (QED) is 0.210. The van der Waals surface area contributed by atoms with Crippen molar-refractivity contribution in [1.82, 2.24) is 10.6 Å². The van der Waals surface area contributed by atoms with Crippen molar-refractivity contribution >= 4 is 29.9 Å². The summed E-state index contributed by atoms with van der Waals surface area (Å²) in [6, 6.07) is 0. The normalized spacial score (nSPS) is 12.0. The van der Waals surface area contributed by atoms with Crippen LogP contribution < -0.4 is 10.6 Å². The minimum absolute atomic E-state index is 0. The highest BCUT2D eigenvalue weighted by Gasteiger charge is 2.24. The van der Waals surface area contributed by atoms with Crippen molar-refractivity contribution in [2.24, 2.45) is 4.99 Å². The first-order valence-corrected chi connectivity index (χ1v) is 7.94. The van der Waals surface area contributed by atoms with Crippen molar-refractivity contribution in [2.45, 2.75) is 59.0 Å². The Balaban J connectivity index is 0. The molecule has 6 heteroatoms. The molecule has 0 radical (unpaired) electrons. The van der Waals surface area contributed by atoms with Crippen LogP contribution in [0.25, 0.3) is 0 Å². The van der Waals surface area contributed by atoms with Crippen LogP contribution in [0.3, 0.4) is 0 Å². The second kappa shape index (κ2) is 14.8. The number of halogens is 1. The van der Waals surface area contributed by atoms with Crippen LogP contribution in [0.4, 0.5) is 0 Å². The van der Waals surface area contributed by atoms with Crippen LogP contribution in [0, 0.1) is 0 Å². The van der Waals surface area contributed by atoms with Crippen molar-refractivity contribution in [1.29, 1.82) is 0 Å². The lowest BCUT2D eigenvalue weighted by Crippen LogP contribution is -2.41. The molecule has 0 heterocycles. The van der Waals surface area contributed by atoms with Crippen LogP contribution in [0.15, 0.2) is 4.99 Å². The molecule has 0 amide bonds. The Kier molecular flexibility index (Phi) is 16.4. The second-order valence-corrected chi connectivity index (χ2v) is 5.04. The lowest BCUT2D eigenvalue weighted by Gasteiger charge is -2.26. The highest BCUT2D eigenvalue weighted by Crippen LogP contribution is 2.19. The van der Waals surface area contributed by atoms with Crippen LogP contribution >= 0.6 is 24.0 Å². The number of rotatable bonds is 11. The number of aliphatic imine (C=N–C) groups is 1. The Morgan fingerprint density at radius 2 is 1.71 bits per heavy atom. The number of aliphatic hydroxyl groups is 1. The molecule has 0 unspecified atom stereocenters. The number of hydrogen-bond donors (Lipinski definition) is 3. The van der Waals surface area contributed by atoms with Gasteiger partial charge < -0.3 is 20.5 Å². The average Bonchev–Trinajstić information content (AvgIpc) is 2.41. The molecule has 0 rings (SSSR count). The van der Waals surface area contributed by atoms with E-state index in [1.165, 1.54) is 0 Å². The van der Waals surface area contributed by atoms with E-state index in [9.17, 15) is 5.11 Å². The standard InChI is InChI=1S/C15H33N3O2.HI/c1-5-9-15(19,10-6-2)13-18-14(16-7-3)17-11-12-20-8-4;/h19H,5-13H2,1-4H3,(H2,16,17,18);1H. The minimum Gasteiger partial charge on any atom is -0.388 e. The summed E-state index contributed by atoms with van der Waals surface area (Å²) in [5.41, 5.74) is -0.675. The molecule has 5 nitrogen and oxygen atoms in total. The molecule has 0 aliphatic rings. The van der Waals surface area contributed by atoms with Gasteiger partial charge in [0.2, 0.25) is 0 Å². The third-order valence-corrected chi connectivity index (χ3v) is 3.05. The molecule has 0 saturated carbocycles. The van der Waals surface area contributed by atoms with Crippen LogP contribution in [-0.4, -0.2) is 49.5 Å². The fraction of sp³-hybridized carbons (Fsp3) is 0.933. The summed E-state index contributed by atoms with van der Waals surface area (Å²) in [6.07, 6.45) is 3.53. The predicted molar refractivity (Wildman–Crippen MR) is 101 cm³/mol. The van der Waals surface area contributed by atoms with Gasteiger partial charge in [-0.05, 0) is 26.7 Å². The first-order chi connectivity index (χ1) is 9.61. The fourth-order valence-electron chi connectivity index (χ4n) is 2.17. The summed E-state index contributed by atoms with van der Waals surface area (Å²) in [5.74, 6) is 0.748. The SMILES string of the molecule is CCCC(O)(CCC)CN=C(NCC)NCCOCC.I. The van der Waals surface area contributed by atoms with E-state index in [-0.39, 0.29) is 24.0 Å². The van der Waals surface area contributed by atoms with Gasteiger partial charge >= 0.3 is 0 Å². The smallest absolute Gasteiger partial charge is 0.191 e. The summed E-state index contributed by atoms with van der Waals surface area (Å²) < 4.78 is 5.29. The van der Waals surface area contributed by atoms with E-state index >= 15 is 0 Å². The fourth-order valence-corrected chi connectivity index (χ4v) is 2.17. The van der Waals surface area contributed by atoms with Crippen molar-refractivity contribution in [2.75, 3.05) is 32.8 Å². The van der Waals surface area contributed by atoms with Gasteiger partial charge in [-0.25, -0.2) is 0 Å². The van der Waals surface area contributed by atoms with Crippen LogP contribution in [0.5, 0.6) is 0 Å². The van der Waals surface area contributed by atoms with Crippen molar-refractivity contribution in [3.63, 3.8) is 0 Å². The monoisotopic (exact) mass is 415 g/mol. The minimum atomic E-state index is -0.675. The average molecular weight is 415 g/mol. The van der Waals surface area contributed by atoms with E-state index in [4.69, 9.17) is 4.74 Å². The highest BCUT2D eigenvalue weighted by molar-refractivity contribution is 14.0. The molecule has 0 fully saturated rings. The molecule has 3 N–H and O–H groups in total. The summed E-state index contributed by atoms with van der Waals surface area (Å²) in [6.45, 7) is 11.6. The molecular weight excluding hydrogens is 381 g/mol. The number of nitrogens with one attached hydrogen (secondary N) is 2. The van der Waals surface area contributed by atoms with E-state index < -0.39 is 5.60 Å². The number of hydrogen-bond acceptors (Lipinski definition) is 3. The van der Waals surface area contributed by atoms with Gasteiger partial charge in [-0.1, -0.05) is 26.7 Å². The van der Waals surface area contributed by atoms with Gasteiger partial charge in [0.1, 0.15) is 0 Å². The van der Waals surface area contributed by atoms with Gasteiger partial charge in [-0.15, -0.1) is 24.0 Å². The van der Waals surface area contributed by atoms with Crippen molar-refractivity contribution in [3.05, 3.63) is 0 Å². The van der Waals surface area contributed by atoms with Crippen LogP contribution in [-0.2, 0) is 4.74 Å². The highest BCUT2D eigenvalue weighted by atomic mass is 127. The predicted octanol–water partition coefficient (Wildman–Crippen LogP) is 2.53. The van der Waals surface area contributed by atoms with E-state index in [1.54, 1.807) is 0 Å². The van der Waals surface area contributed by atoms with Gasteiger partial charge in [-0.2, -0.15) is 0 Å². The summed E-state index contributed by atoms with van der Waals surface area (Å²) in [4.78, 5) is 4.51. The maximum atomic E-state index is 10.6. The number of guanidine groups is 1. The van der Waals surface area contributed by atoms with E-state index in [0.717, 1.165) is 51.3 Å². The topological polar surface area (TPSA) is 65.9 Å². The Labute approximate surface area is 147 Å². The second-order valence-electron chi connectivity index (χ2n) is 5.04. The van der Waals surface area contributed by atoms with Crippen molar-refractivity contribution in [3.8, 4) is 0 Å². The van der Waals surface area contributed by atoms with Gasteiger partial charge in [0.15, 0.2) is 5.96 Å².